The summed E-state index contributed by atoms with van der Waals surface area (Å²) >= 11 is 0. The zero-order valence-corrected chi connectivity index (χ0v) is 9.88. The van der Waals surface area contributed by atoms with Crippen molar-refractivity contribution in [3.05, 3.63) is 29.8 Å². The number of ether oxygens (including phenoxy) is 1. The molecule has 0 heterocycles. The van der Waals surface area contributed by atoms with Crippen LogP contribution in [-0.4, -0.2) is 19.1 Å². The van der Waals surface area contributed by atoms with Gasteiger partial charge in [-0.25, -0.2) is 0 Å². The van der Waals surface area contributed by atoms with Gasteiger partial charge in [0.2, 0.25) is 0 Å². The van der Waals surface area contributed by atoms with Crippen LogP contribution in [0.5, 0.6) is 5.75 Å². The molecule has 1 amide bonds. The van der Waals surface area contributed by atoms with Crippen LogP contribution in [0.15, 0.2) is 24.3 Å². The van der Waals surface area contributed by atoms with E-state index in [1.165, 1.54) is 12.1 Å². The number of halogens is 3. The fourth-order valence-corrected chi connectivity index (χ4v) is 1.23. The van der Waals surface area contributed by atoms with Crippen LogP contribution in [0.4, 0.5) is 13.2 Å². The van der Waals surface area contributed by atoms with Crippen molar-refractivity contribution in [2.24, 2.45) is 0 Å². The smallest absolute Gasteiger partial charge is 0.416 e. The van der Waals surface area contributed by atoms with Crippen molar-refractivity contribution in [1.29, 1.82) is 0 Å². The van der Waals surface area contributed by atoms with Crippen molar-refractivity contribution in [2.75, 3.05) is 13.2 Å². The second-order valence-electron chi connectivity index (χ2n) is 3.66. The van der Waals surface area contributed by atoms with Gasteiger partial charge in [-0.2, -0.15) is 13.2 Å². The fraction of sp³-hybridized carbons (Fsp3) is 0.417. The van der Waals surface area contributed by atoms with Gasteiger partial charge in [-0.15, -0.1) is 0 Å². The summed E-state index contributed by atoms with van der Waals surface area (Å²) in [5.74, 6) is -0.328. The highest BCUT2D eigenvalue weighted by Crippen LogP contribution is 2.31. The SMILES string of the molecule is CCCNC(=O)COc1cccc(C(F)(F)F)c1. The highest BCUT2D eigenvalue weighted by atomic mass is 19.4. The normalized spacial score (nSPS) is 11.1. The summed E-state index contributed by atoms with van der Waals surface area (Å²) in [5, 5.41) is 2.56. The predicted molar refractivity (Wildman–Crippen MR) is 60.2 cm³/mol. The van der Waals surface area contributed by atoms with Gasteiger partial charge in [0.25, 0.3) is 5.91 Å². The maximum absolute atomic E-state index is 12.4. The summed E-state index contributed by atoms with van der Waals surface area (Å²) < 4.78 is 42.2. The number of amides is 1. The van der Waals surface area contributed by atoms with E-state index in [1.807, 2.05) is 6.92 Å². The van der Waals surface area contributed by atoms with Crippen LogP contribution in [0.1, 0.15) is 18.9 Å². The molecule has 0 bridgehead atoms. The number of rotatable bonds is 5. The van der Waals surface area contributed by atoms with Gasteiger partial charge in [-0.3, -0.25) is 4.79 Å². The van der Waals surface area contributed by atoms with E-state index in [0.717, 1.165) is 18.6 Å². The van der Waals surface area contributed by atoms with Crippen molar-refractivity contribution in [3.8, 4) is 5.75 Å². The number of carbonyl (C=O) groups is 1. The topological polar surface area (TPSA) is 38.3 Å². The predicted octanol–water partition coefficient (Wildman–Crippen LogP) is 2.61. The summed E-state index contributed by atoms with van der Waals surface area (Å²) in [7, 11) is 0. The molecule has 1 aromatic carbocycles. The molecule has 0 radical (unpaired) electrons. The molecule has 0 aliphatic heterocycles. The number of alkyl halides is 3. The Labute approximate surface area is 103 Å². The molecule has 3 nitrogen and oxygen atoms in total. The highest BCUT2D eigenvalue weighted by Gasteiger charge is 2.30. The first-order valence-corrected chi connectivity index (χ1v) is 5.50. The lowest BCUT2D eigenvalue weighted by Gasteiger charge is -2.10. The minimum Gasteiger partial charge on any atom is -0.484 e. The lowest BCUT2D eigenvalue weighted by atomic mass is 10.2. The van der Waals surface area contributed by atoms with E-state index in [4.69, 9.17) is 4.74 Å². The molecule has 100 valence electrons. The van der Waals surface area contributed by atoms with Gasteiger partial charge in [0.15, 0.2) is 6.61 Å². The lowest BCUT2D eigenvalue weighted by molar-refractivity contribution is -0.137. The van der Waals surface area contributed by atoms with E-state index < -0.39 is 11.7 Å². The van der Waals surface area contributed by atoms with Crippen molar-refractivity contribution in [1.82, 2.24) is 5.32 Å². The molecule has 0 aliphatic rings. The summed E-state index contributed by atoms with van der Waals surface area (Å²) in [6, 6.07) is 4.43. The number of carbonyl (C=O) groups excluding carboxylic acids is 1. The van der Waals surface area contributed by atoms with Crippen LogP contribution in [-0.2, 0) is 11.0 Å². The highest BCUT2D eigenvalue weighted by molar-refractivity contribution is 5.77. The van der Waals surface area contributed by atoms with Crippen molar-refractivity contribution in [3.63, 3.8) is 0 Å². The first-order chi connectivity index (χ1) is 8.43. The molecule has 0 fully saturated rings. The Morgan fingerprint density at radius 3 is 2.72 bits per heavy atom. The van der Waals surface area contributed by atoms with E-state index in [9.17, 15) is 18.0 Å². The summed E-state index contributed by atoms with van der Waals surface area (Å²) in [6.07, 6.45) is -3.63. The molecule has 1 aromatic rings. The molecule has 0 aliphatic carbocycles. The summed E-state index contributed by atoms with van der Waals surface area (Å²) in [5.41, 5.74) is -0.797. The van der Waals surface area contributed by atoms with Crippen LogP contribution in [0, 0.1) is 0 Å². The second kappa shape index (κ2) is 6.28. The Hall–Kier alpha value is -1.72. The van der Waals surface area contributed by atoms with Gasteiger partial charge < -0.3 is 10.1 Å². The van der Waals surface area contributed by atoms with Gasteiger partial charge in [0.1, 0.15) is 5.75 Å². The third-order valence-corrected chi connectivity index (χ3v) is 2.10. The molecule has 1 N–H and O–H groups in total. The number of hydrogen-bond donors (Lipinski definition) is 1. The van der Waals surface area contributed by atoms with Gasteiger partial charge in [0.05, 0.1) is 5.56 Å². The number of hydrogen-bond acceptors (Lipinski definition) is 2. The Bertz CT molecular complexity index is 405. The summed E-state index contributed by atoms with van der Waals surface area (Å²) in [6.45, 7) is 2.13. The fourth-order valence-electron chi connectivity index (χ4n) is 1.23. The van der Waals surface area contributed by atoms with Crippen LogP contribution in [0.2, 0.25) is 0 Å². The average molecular weight is 261 g/mol. The average Bonchev–Trinajstić information content (AvgIpc) is 2.33. The quantitative estimate of drug-likeness (QED) is 0.884. The van der Waals surface area contributed by atoms with Gasteiger partial charge in [-0.1, -0.05) is 13.0 Å². The van der Waals surface area contributed by atoms with Gasteiger partial charge in [-0.05, 0) is 24.6 Å². The van der Waals surface area contributed by atoms with Crippen molar-refractivity contribution in [2.45, 2.75) is 19.5 Å². The van der Waals surface area contributed by atoms with Crippen molar-refractivity contribution >= 4 is 5.91 Å². The van der Waals surface area contributed by atoms with Gasteiger partial charge in [0, 0.05) is 6.54 Å². The Morgan fingerprint density at radius 1 is 1.39 bits per heavy atom. The molecular formula is C12H14F3NO2. The lowest BCUT2D eigenvalue weighted by Crippen LogP contribution is -2.29. The van der Waals surface area contributed by atoms with Gasteiger partial charge >= 0.3 is 6.18 Å². The molecule has 0 atom stereocenters. The van der Waals surface area contributed by atoms with Crippen LogP contribution < -0.4 is 10.1 Å². The van der Waals surface area contributed by atoms with E-state index in [1.54, 1.807) is 0 Å². The molecule has 0 spiro atoms. The monoisotopic (exact) mass is 261 g/mol. The Kier molecular flexibility index (Phi) is 5.00. The van der Waals surface area contributed by atoms with Crippen LogP contribution >= 0.6 is 0 Å². The second-order valence-corrected chi connectivity index (χ2v) is 3.66. The maximum Gasteiger partial charge on any atom is 0.416 e. The Balaban J connectivity index is 2.55. The molecule has 1 rings (SSSR count). The molecule has 0 unspecified atom stereocenters. The molecule has 18 heavy (non-hydrogen) atoms. The minimum absolute atomic E-state index is 0.0245. The van der Waals surface area contributed by atoms with E-state index in [2.05, 4.69) is 5.32 Å². The first kappa shape index (κ1) is 14.3. The molecule has 0 aromatic heterocycles. The molecule has 0 saturated heterocycles. The molecule has 6 heteroatoms. The zero-order valence-electron chi connectivity index (χ0n) is 9.88. The minimum atomic E-state index is -4.41. The van der Waals surface area contributed by atoms with E-state index >= 15 is 0 Å². The van der Waals surface area contributed by atoms with Crippen LogP contribution in [0.25, 0.3) is 0 Å². The Morgan fingerprint density at radius 2 is 2.11 bits per heavy atom. The van der Waals surface area contributed by atoms with E-state index in [-0.39, 0.29) is 18.3 Å². The maximum atomic E-state index is 12.4. The zero-order chi connectivity index (χ0) is 13.6. The van der Waals surface area contributed by atoms with Crippen molar-refractivity contribution < 1.29 is 22.7 Å². The third kappa shape index (κ3) is 4.65. The first-order valence-electron chi connectivity index (χ1n) is 5.50. The summed E-state index contributed by atoms with van der Waals surface area (Å²) in [4.78, 5) is 11.2. The van der Waals surface area contributed by atoms with E-state index in [0.29, 0.717) is 6.54 Å². The molecular weight excluding hydrogens is 247 g/mol. The molecule has 0 saturated carbocycles. The number of nitrogens with one attached hydrogen (secondary N) is 1. The third-order valence-electron chi connectivity index (χ3n) is 2.10. The standard InChI is InChI=1S/C12H14F3NO2/c1-2-6-16-11(17)8-18-10-5-3-4-9(7-10)12(13,14)15/h3-5,7H,2,6,8H2,1H3,(H,16,17). The number of benzene rings is 1. The largest absolute Gasteiger partial charge is 0.484 e. The van der Waals surface area contributed by atoms with Crippen LogP contribution in [0.3, 0.4) is 0 Å².